The van der Waals surface area contributed by atoms with E-state index in [9.17, 15) is 0 Å². The first kappa shape index (κ1) is 35.2. The lowest BCUT2D eigenvalue weighted by molar-refractivity contribution is 0.623. The quantitative estimate of drug-likeness (QED) is 0.150. The Hall–Kier alpha value is -7.79. The monoisotopic (exact) mass is 796 g/mol. The van der Waals surface area contributed by atoms with E-state index in [1.165, 1.54) is 42.4 Å². The average molecular weight is 797 g/mol. The van der Waals surface area contributed by atoms with E-state index < -0.39 is 0 Å². The van der Waals surface area contributed by atoms with Crippen molar-refractivity contribution in [1.29, 1.82) is 0 Å². The highest BCUT2D eigenvalue weighted by atomic mass is 32.1. The molecule has 4 heteroatoms. The Labute approximate surface area is 357 Å². The first-order valence-corrected chi connectivity index (χ1v) is 21.4. The third-order valence-electron chi connectivity index (χ3n) is 11.9. The van der Waals surface area contributed by atoms with Crippen molar-refractivity contribution in [3.8, 4) is 44.8 Å². The summed E-state index contributed by atoms with van der Waals surface area (Å²) in [6.07, 6.45) is 0. The molecule has 0 N–H and O–H groups in total. The number of thiophene rings is 1. The van der Waals surface area contributed by atoms with Gasteiger partial charge in [-0.1, -0.05) is 152 Å². The van der Waals surface area contributed by atoms with Gasteiger partial charge in [0.05, 0.1) is 5.69 Å². The van der Waals surface area contributed by atoms with Crippen LogP contribution in [0.5, 0.6) is 0 Å². The van der Waals surface area contributed by atoms with Crippen LogP contribution in [0.3, 0.4) is 0 Å². The van der Waals surface area contributed by atoms with E-state index in [0.29, 0.717) is 5.89 Å². The van der Waals surface area contributed by atoms with Gasteiger partial charge in [0, 0.05) is 48.1 Å². The Morgan fingerprint density at radius 2 is 0.967 bits per heavy atom. The molecule has 286 valence electrons. The largest absolute Gasteiger partial charge is 0.435 e. The number of oxazole rings is 1. The molecule has 0 spiro atoms. The van der Waals surface area contributed by atoms with Gasteiger partial charge in [0.25, 0.3) is 0 Å². The van der Waals surface area contributed by atoms with Gasteiger partial charge >= 0.3 is 0 Å². The van der Waals surface area contributed by atoms with Crippen LogP contribution in [-0.4, -0.2) is 4.98 Å². The Morgan fingerprint density at radius 1 is 0.393 bits per heavy atom. The van der Waals surface area contributed by atoms with Gasteiger partial charge in [-0.2, -0.15) is 0 Å². The van der Waals surface area contributed by atoms with Crippen molar-refractivity contribution >= 4 is 81.2 Å². The first-order chi connectivity index (χ1) is 30.2. The standard InChI is InChI=1S/C57H36N2OS/c1-3-11-37(12-4-1)38-19-21-39(22-20-38)40-25-30-45(31-26-40)59(52-17-9-7-15-47(52)44-29-34-54-50(35-44)48-16-8-10-18-53(48)61-54)46-32-27-41-23-24-42-28-33-51-56(55(42)49(41)36-46)60-57(58-51)43-13-5-2-6-14-43/h1-36H. The lowest BCUT2D eigenvalue weighted by atomic mass is 9.97. The predicted octanol–water partition coefficient (Wildman–Crippen LogP) is 16.6. The third-order valence-corrected chi connectivity index (χ3v) is 13.1. The molecule has 0 aliphatic carbocycles. The maximum Gasteiger partial charge on any atom is 0.227 e. The van der Waals surface area contributed by atoms with Crippen molar-refractivity contribution in [2.24, 2.45) is 0 Å². The molecule has 61 heavy (non-hydrogen) atoms. The summed E-state index contributed by atoms with van der Waals surface area (Å²) in [4.78, 5) is 7.36. The third kappa shape index (κ3) is 6.16. The van der Waals surface area contributed by atoms with Crippen molar-refractivity contribution in [2.45, 2.75) is 0 Å². The van der Waals surface area contributed by atoms with E-state index in [1.807, 2.05) is 41.7 Å². The molecule has 0 radical (unpaired) electrons. The van der Waals surface area contributed by atoms with Crippen LogP contribution in [0.4, 0.5) is 17.1 Å². The van der Waals surface area contributed by atoms with Gasteiger partial charge in [0.15, 0.2) is 5.58 Å². The number of aromatic nitrogens is 1. The summed E-state index contributed by atoms with van der Waals surface area (Å²) >= 11 is 1.85. The molecule has 0 atom stereocenters. The van der Waals surface area contributed by atoms with Crippen molar-refractivity contribution in [3.63, 3.8) is 0 Å². The van der Waals surface area contributed by atoms with Crippen LogP contribution >= 0.6 is 11.3 Å². The van der Waals surface area contributed by atoms with Crippen molar-refractivity contribution in [3.05, 3.63) is 218 Å². The molecule has 12 rings (SSSR count). The van der Waals surface area contributed by atoms with E-state index in [-0.39, 0.29) is 0 Å². The molecule has 0 bridgehead atoms. The van der Waals surface area contributed by atoms with Crippen molar-refractivity contribution in [1.82, 2.24) is 4.98 Å². The van der Waals surface area contributed by atoms with Gasteiger partial charge < -0.3 is 9.32 Å². The molecule has 0 aliphatic heterocycles. The fourth-order valence-corrected chi connectivity index (χ4v) is 9.96. The van der Waals surface area contributed by atoms with Crippen LogP contribution in [0.15, 0.2) is 223 Å². The zero-order valence-corrected chi connectivity index (χ0v) is 33.8. The minimum absolute atomic E-state index is 0.622. The number of anilines is 3. The number of nitrogens with zero attached hydrogens (tertiary/aromatic N) is 2. The van der Waals surface area contributed by atoms with Gasteiger partial charge in [0.1, 0.15) is 5.52 Å². The average Bonchev–Trinajstić information content (AvgIpc) is 3.95. The van der Waals surface area contributed by atoms with Crippen molar-refractivity contribution < 1.29 is 4.42 Å². The number of rotatable bonds is 7. The zero-order chi connectivity index (χ0) is 40.3. The summed E-state index contributed by atoms with van der Waals surface area (Å²) in [6, 6.07) is 78.4. The fourth-order valence-electron chi connectivity index (χ4n) is 8.88. The first-order valence-electron chi connectivity index (χ1n) is 20.6. The molecular weight excluding hydrogens is 761 g/mol. The molecule has 0 amide bonds. The topological polar surface area (TPSA) is 29.3 Å². The zero-order valence-electron chi connectivity index (χ0n) is 33.0. The minimum Gasteiger partial charge on any atom is -0.435 e. The summed E-state index contributed by atoms with van der Waals surface area (Å²) in [7, 11) is 0. The Morgan fingerprint density at radius 3 is 1.75 bits per heavy atom. The number of hydrogen-bond acceptors (Lipinski definition) is 4. The second-order valence-electron chi connectivity index (χ2n) is 15.5. The van der Waals surface area contributed by atoms with E-state index >= 15 is 0 Å². The van der Waals surface area contributed by atoms with Crippen LogP contribution in [0.25, 0.3) is 97.7 Å². The molecule has 2 aromatic heterocycles. The molecule has 10 aromatic carbocycles. The Balaban J connectivity index is 1.03. The van der Waals surface area contributed by atoms with Gasteiger partial charge in [-0.3, -0.25) is 0 Å². The number of benzene rings is 10. The molecular formula is C57H36N2OS. The van der Waals surface area contributed by atoms with E-state index in [2.05, 4.69) is 193 Å². The molecule has 0 aliphatic rings. The molecule has 12 aromatic rings. The maximum absolute atomic E-state index is 6.64. The fraction of sp³-hybridized carbons (Fsp3) is 0. The lowest BCUT2D eigenvalue weighted by Gasteiger charge is -2.28. The number of fused-ring (bicyclic) bond motifs is 8. The van der Waals surface area contributed by atoms with Crippen molar-refractivity contribution in [2.75, 3.05) is 4.90 Å². The lowest BCUT2D eigenvalue weighted by Crippen LogP contribution is -2.11. The predicted molar refractivity (Wildman–Crippen MR) is 258 cm³/mol. The minimum atomic E-state index is 0.622. The van der Waals surface area contributed by atoms with E-state index in [0.717, 1.165) is 66.4 Å². The van der Waals surface area contributed by atoms with Crippen LogP contribution in [0.1, 0.15) is 0 Å². The SMILES string of the molecule is c1ccc(-c2ccc(-c3ccc(N(c4ccc5ccc6ccc7nc(-c8ccccc8)oc7c6c5c4)c4ccccc4-c4ccc5sc6ccccc6c5c4)cc3)cc2)cc1. The van der Waals surface area contributed by atoms with Gasteiger partial charge in [-0.15, -0.1) is 11.3 Å². The molecule has 0 fully saturated rings. The molecule has 2 heterocycles. The normalized spacial score (nSPS) is 11.6. The van der Waals surface area contributed by atoms with Crippen LogP contribution < -0.4 is 4.90 Å². The summed E-state index contributed by atoms with van der Waals surface area (Å²) in [5.41, 5.74) is 12.9. The summed E-state index contributed by atoms with van der Waals surface area (Å²) in [5.74, 6) is 0.622. The van der Waals surface area contributed by atoms with Crippen LogP contribution in [0.2, 0.25) is 0 Å². The summed E-state index contributed by atoms with van der Waals surface area (Å²) in [6.45, 7) is 0. The second kappa shape index (κ2) is 14.5. The molecule has 3 nitrogen and oxygen atoms in total. The van der Waals surface area contributed by atoms with Gasteiger partial charge in [-0.05, 0) is 111 Å². The molecule has 0 unspecified atom stereocenters. The van der Waals surface area contributed by atoms with Crippen LogP contribution in [-0.2, 0) is 0 Å². The van der Waals surface area contributed by atoms with Gasteiger partial charge in [0.2, 0.25) is 5.89 Å². The second-order valence-corrected chi connectivity index (χ2v) is 16.6. The highest BCUT2D eigenvalue weighted by Crippen LogP contribution is 2.45. The molecule has 0 saturated heterocycles. The highest BCUT2D eigenvalue weighted by Gasteiger charge is 2.20. The Kier molecular flexibility index (Phi) is 8.36. The van der Waals surface area contributed by atoms with Gasteiger partial charge in [-0.25, -0.2) is 4.98 Å². The Bertz CT molecular complexity index is 3570. The summed E-state index contributed by atoms with van der Waals surface area (Å²) < 4.78 is 9.24. The van der Waals surface area contributed by atoms with Crippen LogP contribution in [0, 0.1) is 0 Å². The molecule has 0 saturated carbocycles. The number of hydrogen-bond donors (Lipinski definition) is 0. The van der Waals surface area contributed by atoms with E-state index in [1.54, 1.807) is 0 Å². The number of para-hydroxylation sites is 1. The maximum atomic E-state index is 6.64. The summed E-state index contributed by atoms with van der Waals surface area (Å²) in [5, 5.41) is 6.99. The van der Waals surface area contributed by atoms with E-state index in [4.69, 9.17) is 9.40 Å². The smallest absolute Gasteiger partial charge is 0.227 e. The highest BCUT2D eigenvalue weighted by molar-refractivity contribution is 7.25.